The number of carbonyl (C=O) groups is 2. The van der Waals surface area contributed by atoms with Crippen LogP contribution in [0.4, 0.5) is 4.79 Å². The molecule has 0 atom stereocenters. The predicted molar refractivity (Wildman–Crippen MR) is 79.2 cm³/mol. The number of likely N-dealkylation sites (tertiary alicyclic amines) is 1. The van der Waals surface area contributed by atoms with Crippen LogP contribution in [-0.4, -0.2) is 49.6 Å². The van der Waals surface area contributed by atoms with E-state index < -0.39 is 6.03 Å². The van der Waals surface area contributed by atoms with Gasteiger partial charge in [-0.1, -0.05) is 13.8 Å². The van der Waals surface area contributed by atoms with Crippen molar-refractivity contribution in [1.82, 2.24) is 15.5 Å². The first kappa shape index (κ1) is 16.9. The van der Waals surface area contributed by atoms with Crippen molar-refractivity contribution in [3.63, 3.8) is 0 Å². The molecule has 1 saturated heterocycles. The van der Waals surface area contributed by atoms with E-state index in [0.717, 1.165) is 38.9 Å². The highest BCUT2D eigenvalue weighted by molar-refractivity contribution is 5.95. The van der Waals surface area contributed by atoms with E-state index in [1.807, 2.05) is 13.8 Å². The van der Waals surface area contributed by atoms with Crippen LogP contribution in [0.3, 0.4) is 0 Å². The van der Waals surface area contributed by atoms with Crippen molar-refractivity contribution in [1.29, 1.82) is 0 Å². The van der Waals surface area contributed by atoms with Crippen LogP contribution < -0.4 is 16.4 Å². The second-order valence-corrected chi connectivity index (χ2v) is 5.95. The van der Waals surface area contributed by atoms with Crippen LogP contribution in [0, 0.1) is 11.8 Å². The second kappa shape index (κ2) is 8.92. The molecule has 20 heavy (non-hydrogen) atoms. The summed E-state index contributed by atoms with van der Waals surface area (Å²) in [5, 5.41) is 5.04. The zero-order chi connectivity index (χ0) is 15.0. The molecule has 0 spiro atoms. The highest BCUT2D eigenvalue weighted by atomic mass is 16.2. The number of nitrogens with zero attached hydrogens (tertiary/aromatic N) is 1. The molecule has 3 amide bonds. The lowest BCUT2D eigenvalue weighted by Crippen LogP contribution is -2.46. The average Bonchev–Trinajstić information content (AvgIpc) is 2.39. The van der Waals surface area contributed by atoms with Gasteiger partial charge in [-0.25, -0.2) is 4.79 Å². The zero-order valence-corrected chi connectivity index (χ0v) is 12.7. The molecular weight excluding hydrogens is 256 g/mol. The molecule has 0 aliphatic carbocycles. The van der Waals surface area contributed by atoms with Crippen LogP contribution >= 0.6 is 0 Å². The largest absolute Gasteiger partial charge is 0.338 e. The third kappa shape index (κ3) is 6.86. The van der Waals surface area contributed by atoms with Crippen LogP contribution in [0.15, 0.2) is 0 Å². The molecule has 0 aromatic carbocycles. The van der Waals surface area contributed by atoms with Crippen molar-refractivity contribution in [2.24, 2.45) is 17.6 Å². The highest BCUT2D eigenvalue weighted by Crippen LogP contribution is 2.19. The van der Waals surface area contributed by atoms with Crippen molar-refractivity contribution in [3.8, 4) is 0 Å². The molecule has 0 aromatic rings. The van der Waals surface area contributed by atoms with Crippen molar-refractivity contribution in [3.05, 3.63) is 0 Å². The SMILES string of the molecule is CC(C)CNC(=O)NC(=O)CN1CCC(CCN)CC1. The smallest absolute Gasteiger partial charge is 0.321 e. The van der Waals surface area contributed by atoms with Crippen LogP contribution in [0.25, 0.3) is 0 Å². The van der Waals surface area contributed by atoms with Gasteiger partial charge >= 0.3 is 6.03 Å². The van der Waals surface area contributed by atoms with Crippen molar-refractivity contribution < 1.29 is 9.59 Å². The minimum absolute atomic E-state index is 0.233. The molecule has 116 valence electrons. The monoisotopic (exact) mass is 284 g/mol. The standard InChI is InChI=1S/C14H28N4O2/c1-11(2)9-16-14(20)17-13(19)10-18-7-4-12(3-6-15)5-8-18/h11-12H,3-10,15H2,1-2H3,(H2,16,17,19,20). The fourth-order valence-corrected chi connectivity index (χ4v) is 2.38. The first-order valence-corrected chi connectivity index (χ1v) is 7.51. The summed E-state index contributed by atoms with van der Waals surface area (Å²) in [6, 6.07) is -0.401. The summed E-state index contributed by atoms with van der Waals surface area (Å²) in [4.78, 5) is 25.3. The molecule has 0 aromatic heterocycles. The van der Waals surface area contributed by atoms with Gasteiger partial charge in [-0.15, -0.1) is 0 Å². The summed E-state index contributed by atoms with van der Waals surface area (Å²) in [5.41, 5.74) is 5.56. The lowest BCUT2D eigenvalue weighted by Gasteiger charge is -2.31. The molecule has 1 rings (SSSR count). The average molecular weight is 284 g/mol. The van der Waals surface area contributed by atoms with E-state index in [0.29, 0.717) is 24.9 Å². The lowest BCUT2D eigenvalue weighted by atomic mass is 9.94. The van der Waals surface area contributed by atoms with E-state index in [4.69, 9.17) is 5.73 Å². The van der Waals surface area contributed by atoms with Gasteiger partial charge in [0.1, 0.15) is 0 Å². The van der Waals surface area contributed by atoms with E-state index in [9.17, 15) is 9.59 Å². The van der Waals surface area contributed by atoms with Gasteiger partial charge in [0.25, 0.3) is 0 Å². The maximum Gasteiger partial charge on any atom is 0.321 e. The van der Waals surface area contributed by atoms with Crippen LogP contribution in [-0.2, 0) is 4.79 Å². The number of rotatable bonds is 6. The summed E-state index contributed by atoms with van der Waals surface area (Å²) in [5.74, 6) is 0.828. The Kier molecular flexibility index (Phi) is 7.54. The Balaban J connectivity index is 2.18. The third-order valence-corrected chi connectivity index (χ3v) is 3.57. The van der Waals surface area contributed by atoms with Gasteiger partial charge in [0.15, 0.2) is 0 Å². The molecule has 4 N–H and O–H groups in total. The van der Waals surface area contributed by atoms with Crippen molar-refractivity contribution >= 4 is 11.9 Å². The Labute approximate surface area is 121 Å². The minimum Gasteiger partial charge on any atom is -0.338 e. The van der Waals surface area contributed by atoms with E-state index in [2.05, 4.69) is 15.5 Å². The van der Waals surface area contributed by atoms with Crippen molar-refractivity contribution in [2.75, 3.05) is 32.7 Å². The Bertz CT molecular complexity index is 312. The summed E-state index contributed by atoms with van der Waals surface area (Å²) < 4.78 is 0. The number of nitrogens with two attached hydrogens (primary N) is 1. The van der Waals surface area contributed by atoms with Gasteiger partial charge in [0.05, 0.1) is 6.54 Å². The number of hydrogen-bond acceptors (Lipinski definition) is 4. The normalized spacial score (nSPS) is 17.2. The van der Waals surface area contributed by atoms with Gasteiger partial charge in [-0.05, 0) is 50.7 Å². The summed E-state index contributed by atoms with van der Waals surface area (Å²) >= 11 is 0. The molecule has 6 heteroatoms. The Morgan fingerprint density at radius 1 is 1.30 bits per heavy atom. The molecule has 1 heterocycles. The fraction of sp³-hybridized carbons (Fsp3) is 0.857. The number of hydrogen-bond donors (Lipinski definition) is 3. The number of amides is 3. The summed E-state index contributed by atoms with van der Waals surface area (Å²) in [6.45, 7) is 7.44. The number of carbonyl (C=O) groups excluding carboxylic acids is 2. The topological polar surface area (TPSA) is 87.5 Å². The van der Waals surface area contributed by atoms with E-state index in [-0.39, 0.29) is 5.91 Å². The predicted octanol–water partition coefficient (Wildman–Crippen LogP) is 0.529. The number of imide groups is 1. The number of urea groups is 1. The summed E-state index contributed by atoms with van der Waals surface area (Å²) in [7, 11) is 0. The maximum atomic E-state index is 11.7. The van der Waals surface area contributed by atoms with Crippen LogP contribution in [0.2, 0.25) is 0 Å². The molecule has 0 bridgehead atoms. The van der Waals surface area contributed by atoms with Crippen molar-refractivity contribution in [2.45, 2.75) is 33.1 Å². The van der Waals surface area contributed by atoms with E-state index in [1.54, 1.807) is 0 Å². The number of piperidine rings is 1. The van der Waals surface area contributed by atoms with E-state index >= 15 is 0 Å². The van der Waals surface area contributed by atoms with Gasteiger partial charge in [0.2, 0.25) is 5.91 Å². The molecule has 1 fully saturated rings. The summed E-state index contributed by atoms with van der Waals surface area (Å²) in [6.07, 6.45) is 3.24. The Hall–Kier alpha value is -1.14. The quantitative estimate of drug-likeness (QED) is 0.664. The van der Waals surface area contributed by atoms with Gasteiger partial charge in [-0.3, -0.25) is 15.0 Å². The second-order valence-electron chi connectivity index (χ2n) is 5.95. The minimum atomic E-state index is -0.401. The number of nitrogens with one attached hydrogen (secondary N) is 2. The maximum absolute atomic E-state index is 11.7. The van der Waals surface area contributed by atoms with Gasteiger partial charge in [0, 0.05) is 6.54 Å². The Morgan fingerprint density at radius 3 is 2.50 bits per heavy atom. The molecule has 1 aliphatic heterocycles. The zero-order valence-electron chi connectivity index (χ0n) is 12.7. The lowest BCUT2D eigenvalue weighted by molar-refractivity contribution is -0.121. The fourth-order valence-electron chi connectivity index (χ4n) is 2.38. The highest BCUT2D eigenvalue weighted by Gasteiger charge is 2.20. The molecular formula is C14H28N4O2. The third-order valence-electron chi connectivity index (χ3n) is 3.57. The molecule has 0 unspecified atom stereocenters. The van der Waals surface area contributed by atoms with Gasteiger partial charge < -0.3 is 11.1 Å². The van der Waals surface area contributed by atoms with Crippen LogP contribution in [0.5, 0.6) is 0 Å². The molecule has 1 aliphatic rings. The first-order chi connectivity index (χ1) is 9.51. The van der Waals surface area contributed by atoms with E-state index in [1.165, 1.54) is 0 Å². The Morgan fingerprint density at radius 2 is 1.95 bits per heavy atom. The van der Waals surface area contributed by atoms with Gasteiger partial charge in [-0.2, -0.15) is 0 Å². The molecule has 0 radical (unpaired) electrons. The van der Waals surface area contributed by atoms with Crippen LogP contribution in [0.1, 0.15) is 33.1 Å². The first-order valence-electron chi connectivity index (χ1n) is 7.51. The molecule has 6 nitrogen and oxygen atoms in total. The molecule has 0 saturated carbocycles.